The minimum atomic E-state index is 0.316. The normalized spacial score (nSPS) is 14.3. The van der Waals surface area contributed by atoms with Crippen LogP contribution < -0.4 is 0 Å². The SMILES string of the molecule is C/C=C/[C@](C)(CCC=C(C)C)CCc1ccccc1. The van der Waals surface area contributed by atoms with Gasteiger partial charge in [-0.15, -0.1) is 0 Å². The molecule has 0 saturated heterocycles. The smallest absolute Gasteiger partial charge is 0.0141 e. The van der Waals surface area contributed by atoms with Crippen molar-refractivity contribution in [3.05, 3.63) is 59.7 Å². The van der Waals surface area contributed by atoms with Crippen LogP contribution in [0.4, 0.5) is 0 Å². The summed E-state index contributed by atoms with van der Waals surface area (Å²) in [5, 5.41) is 0. The van der Waals surface area contributed by atoms with Crippen LogP contribution >= 0.6 is 0 Å². The van der Waals surface area contributed by atoms with E-state index in [1.54, 1.807) is 0 Å². The van der Waals surface area contributed by atoms with Gasteiger partial charge < -0.3 is 0 Å². The molecule has 0 unspecified atom stereocenters. The van der Waals surface area contributed by atoms with Gasteiger partial charge in [-0.25, -0.2) is 0 Å². The fraction of sp³-hybridized carbons (Fsp3) is 0.474. The zero-order chi connectivity index (χ0) is 14.1. The first-order valence-electron chi connectivity index (χ1n) is 7.37. The molecule has 0 heterocycles. The Bertz CT molecular complexity index is 407. The molecule has 1 rings (SSSR count). The quantitative estimate of drug-likeness (QED) is 0.529. The van der Waals surface area contributed by atoms with Gasteiger partial charge in [0, 0.05) is 0 Å². The Kier molecular flexibility index (Phi) is 6.62. The van der Waals surface area contributed by atoms with Gasteiger partial charge in [0.05, 0.1) is 0 Å². The second-order valence-electron chi connectivity index (χ2n) is 5.96. The Labute approximate surface area is 119 Å². The number of aryl methyl sites for hydroxylation is 1. The number of benzene rings is 1. The zero-order valence-corrected chi connectivity index (χ0v) is 12.9. The average Bonchev–Trinajstić information content (AvgIpc) is 2.38. The van der Waals surface area contributed by atoms with Crippen LogP contribution in [0.2, 0.25) is 0 Å². The lowest BCUT2D eigenvalue weighted by atomic mass is 9.79. The molecule has 19 heavy (non-hydrogen) atoms. The highest BCUT2D eigenvalue weighted by Crippen LogP contribution is 2.31. The van der Waals surface area contributed by atoms with E-state index in [9.17, 15) is 0 Å². The third-order valence-corrected chi connectivity index (χ3v) is 3.66. The van der Waals surface area contributed by atoms with Crippen LogP contribution in [0.1, 0.15) is 52.5 Å². The molecule has 0 bridgehead atoms. The van der Waals surface area contributed by atoms with Crippen LogP contribution in [-0.2, 0) is 6.42 Å². The lowest BCUT2D eigenvalue weighted by molar-refractivity contribution is 0.363. The first-order valence-corrected chi connectivity index (χ1v) is 7.37. The highest BCUT2D eigenvalue weighted by atomic mass is 14.2. The third kappa shape index (κ3) is 6.42. The molecule has 0 N–H and O–H groups in total. The van der Waals surface area contributed by atoms with Crippen molar-refractivity contribution in [2.45, 2.75) is 53.4 Å². The van der Waals surface area contributed by atoms with Gasteiger partial charge in [0.1, 0.15) is 0 Å². The van der Waals surface area contributed by atoms with E-state index >= 15 is 0 Å². The van der Waals surface area contributed by atoms with Crippen molar-refractivity contribution in [3.8, 4) is 0 Å². The Morgan fingerprint density at radius 3 is 2.37 bits per heavy atom. The molecular formula is C19H28. The van der Waals surface area contributed by atoms with E-state index in [2.05, 4.69) is 76.3 Å². The maximum Gasteiger partial charge on any atom is -0.0141 e. The number of hydrogen-bond donors (Lipinski definition) is 0. The van der Waals surface area contributed by atoms with E-state index in [1.807, 2.05) is 0 Å². The molecule has 1 aromatic rings. The zero-order valence-electron chi connectivity index (χ0n) is 12.9. The molecule has 0 heteroatoms. The lowest BCUT2D eigenvalue weighted by Gasteiger charge is -2.26. The number of hydrogen-bond acceptors (Lipinski definition) is 0. The van der Waals surface area contributed by atoms with Crippen molar-refractivity contribution < 1.29 is 0 Å². The molecule has 0 saturated carbocycles. The summed E-state index contributed by atoms with van der Waals surface area (Å²) in [6.45, 7) is 8.87. The van der Waals surface area contributed by atoms with Crippen molar-refractivity contribution in [1.82, 2.24) is 0 Å². The van der Waals surface area contributed by atoms with E-state index in [-0.39, 0.29) is 0 Å². The first kappa shape index (κ1) is 15.8. The molecule has 0 amide bonds. The summed E-state index contributed by atoms with van der Waals surface area (Å²) in [5.41, 5.74) is 3.18. The van der Waals surface area contributed by atoms with E-state index in [0.29, 0.717) is 5.41 Å². The van der Waals surface area contributed by atoms with Gasteiger partial charge in [-0.1, -0.05) is 61.1 Å². The van der Waals surface area contributed by atoms with Gasteiger partial charge in [0.15, 0.2) is 0 Å². The van der Waals surface area contributed by atoms with Crippen LogP contribution in [0.25, 0.3) is 0 Å². The summed E-state index contributed by atoms with van der Waals surface area (Å²) < 4.78 is 0. The number of rotatable bonds is 7. The van der Waals surface area contributed by atoms with Gasteiger partial charge in [0.2, 0.25) is 0 Å². The van der Waals surface area contributed by atoms with Gasteiger partial charge >= 0.3 is 0 Å². The second kappa shape index (κ2) is 7.99. The molecule has 0 aliphatic rings. The van der Waals surface area contributed by atoms with E-state index < -0.39 is 0 Å². The van der Waals surface area contributed by atoms with Crippen molar-refractivity contribution in [2.75, 3.05) is 0 Å². The van der Waals surface area contributed by atoms with Crippen LogP contribution in [0.15, 0.2) is 54.1 Å². The monoisotopic (exact) mass is 256 g/mol. The predicted molar refractivity (Wildman–Crippen MR) is 86.3 cm³/mol. The Balaban J connectivity index is 2.58. The fourth-order valence-corrected chi connectivity index (χ4v) is 2.46. The maximum atomic E-state index is 2.38. The molecule has 1 atom stereocenters. The molecular weight excluding hydrogens is 228 g/mol. The topological polar surface area (TPSA) is 0 Å². The van der Waals surface area contributed by atoms with Crippen LogP contribution in [-0.4, -0.2) is 0 Å². The summed E-state index contributed by atoms with van der Waals surface area (Å²) in [6.07, 6.45) is 11.7. The van der Waals surface area contributed by atoms with Crippen LogP contribution in [0.3, 0.4) is 0 Å². The molecule has 0 nitrogen and oxygen atoms in total. The molecule has 0 aliphatic heterocycles. The Morgan fingerprint density at radius 2 is 1.79 bits per heavy atom. The van der Waals surface area contributed by atoms with Crippen molar-refractivity contribution in [1.29, 1.82) is 0 Å². The largest absolute Gasteiger partial charge is 0.0911 e. The van der Waals surface area contributed by atoms with Gasteiger partial charge in [-0.3, -0.25) is 0 Å². The Hall–Kier alpha value is -1.30. The summed E-state index contributed by atoms with van der Waals surface area (Å²) in [5.74, 6) is 0. The summed E-state index contributed by atoms with van der Waals surface area (Å²) >= 11 is 0. The first-order chi connectivity index (χ1) is 9.06. The lowest BCUT2D eigenvalue weighted by Crippen LogP contribution is -2.14. The van der Waals surface area contributed by atoms with Gasteiger partial charge in [-0.2, -0.15) is 0 Å². The van der Waals surface area contributed by atoms with Gasteiger partial charge in [0.25, 0.3) is 0 Å². The minimum Gasteiger partial charge on any atom is -0.0911 e. The minimum absolute atomic E-state index is 0.316. The van der Waals surface area contributed by atoms with Crippen LogP contribution in [0.5, 0.6) is 0 Å². The van der Waals surface area contributed by atoms with E-state index in [0.717, 1.165) is 6.42 Å². The molecule has 1 aromatic carbocycles. The maximum absolute atomic E-state index is 2.38. The molecule has 0 aromatic heterocycles. The predicted octanol–water partition coefficient (Wildman–Crippen LogP) is 5.95. The molecule has 0 spiro atoms. The van der Waals surface area contributed by atoms with Crippen molar-refractivity contribution >= 4 is 0 Å². The Morgan fingerprint density at radius 1 is 1.11 bits per heavy atom. The van der Waals surface area contributed by atoms with Crippen molar-refractivity contribution in [2.24, 2.45) is 5.41 Å². The third-order valence-electron chi connectivity index (χ3n) is 3.66. The highest BCUT2D eigenvalue weighted by Gasteiger charge is 2.19. The summed E-state index contributed by atoms with van der Waals surface area (Å²) in [7, 11) is 0. The molecule has 0 aliphatic carbocycles. The summed E-state index contributed by atoms with van der Waals surface area (Å²) in [6, 6.07) is 10.8. The average molecular weight is 256 g/mol. The standard InChI is InChI=1S/C19H28/c1-5-14-19(4,15-9-10-17(2)3)16-13-18-11-7-6-8-12-18/h5-8,10-12,14H,9,13,15-16H2,1-4H3/b14-5+/t19-/m1/s1. The highest BCUT2D eigenvalue weighted by molar-refractivity contribution is 5.15. The number of allylic oxidation sites excluding steroid dienone is 4. The van der Waals surface area contributed by atoms with E-state index in [1.165, 1.54) is 30.4 Å². The van der Waals surface area contributed by atoms with E-state index in [4.69, 9.17) is 0 Å². The molecule has 0 radical (unpaired) electrons. The molecule has 104 valence electrons. The van der Waals surface area contributed by atoms with Gasteiger partial charge in [-0.05, 0) is 57.4 Å². The van der Waals surface area contributed by atoms with Crippen LogP contribution in [0, 0.1) is 5.41 Å². The van der Waals surface area contributed by atoms with Crippen molar-refractivity contribution in [3.63, 3.8) is 0 Å². The summed E-state index contributed by atoms with van der Waals surface area (Å²) in [4.78, 5) is 0. The second-order valence-corrected chi connectivity index (χ2v) is 5.96. The fourth-order valence-electron chi connectivity index (χ4n) is 2.46. The molecule has 0 fully saturated rings.